The molecule has 42 heavy (non-hydrogen) atoms. The van der Waals surface area contributed by atoms with E-state index in [1.807, 2.05) is 20.8 Å². The third kappa shape index (κ3) is 8.43. The van der Waals surface area contributed by atoms with E-state index in [-0.39, 0.29) is 47.3 Å². The number of ether oxygens (including phenoxy) is 2. The molecule has 0 aromatic carbocycles. The summed E-state index contributed by atoms with van der Waals surface area (Å²) in [7, 11) is 0. The van der Waals surface area contributed by atoms with E-state index in [2.05, 4.69) is 20.0 Å². The van der Waals surface area contributed by atoms with Gasteiger partial charge in [-0.25, -0.2) is 10.1 Å². The predicted molar refractivity (Wildman–Crippen MR) is 164 cm³/mol. The minimum absolute atomic E-state index is 0.0248. The molecular formula is C23H35Cl2N6O8PS2. The fourth-order valence-electron chi connectivity index (χ4n) is 3.64. The number of nitrogen functional groups attached to an aromatic ring is 1. The fourth-order valence-corrected chi connectivity index (χ4v) is 7.50. The number of H-pyrrole nitrogens is 1. The van der Waals surface area contributed by atoms with Crippen LogP contribution in [-0.2, 0) is 39.9 Å². The molecule has 3 heterocycles. The van der Waals surface area contributed by atoms with Crippen LogP contribution >= 0.6 is 41.6 Å². The van der Waals surface area contributed by atoms with Gasteiger partial charge in [0, 0.05) is 11.2 Å². The molecule has 2 unspecified atom stereocenters. The molecular weight excluding hydrogens is 654 g/mol. The first-order chi connectivity index (χ1) is 19.4. The summed E-state index contributed by atoms with van der Waals surface area (Å²) in [5.41, 5.74) is 4.56. The average molecular weight is 690 g/mol. The minimum atomic E-state index is -3.44. The number of aliphatic hydroxyl groups is 1. The lowest BCUT2D eigenvalue weighted by Crippen LogP contribution is -2.39. The number of nitrogens with two attached hydrogens (primary N) is 1. The van der Waals surface area contributed by atoms with Crippen molar-refractivity contribution in [2.24, 2.45) is 5.41 Å². The first kappa shape index (κ1) is 35.2. The van der Waals surface area contributed by atoms with E-state index in [9.17, 15) is 19.5 Å². The molecule has 0 bridgehead atoms. The van der Waals surface area contributed by atoms with E-state index in [0.29, 0.717) is 0 Å². The van der Waals surface area contributed by atoms with Crippen LogP contribution in [0.5, 0.6) is 0 Å². The molecule has 0 aliphatic carbocycles. The second kappa shape index (κ2) is 13.8. The lowest BCUT2D eigenvalue weighted by Gasteiger charge is -2.28. The minimum Gasteiger partial charge on any atom is -0.462 e. The van der Waals surface area contributed by atoms with E-state index >= 15 is 0 Å². The standard InChI is InChI=1S/C23H35Cl2N6O8PS2/c1-11(2)38-18(34)12(3)30-40(41,36-7-8-42-20(35)22(4,5)6)37-9-13-15(32)23(24,25)19(39-13)31-10-27-14-16(31)28-21(26)29-17(14)33/h10-13,15,19,32H,7-9H2,1-6H3,(H,30,41)(H3,26,28,29,33)/t12?,13-,15-,19-,40?/m1/s1. The van der Waals surface area contributed by atoms with E-state index in [1.54, 1.807) is 20.8 Å². The second-order valence-corrected chi connectivity index (χ2v) is 16.5. The second-order valence-electron chi connectivity index (χ2n) is 10.8. The molecule has 0 saturated carbocycles. The van der Waals surface area contributed by atoms with Crippen LogP contribution in [-0.4, -0.2) is 83.4 Å². The van der Waals surface area contributed by atoms with Gasteiger partial charge in [0.25, 0.3) is 12.2 Å². The number of aromatic nitrogens is 4. The van der Waals surface area contributed by atoms with Gasteiger partial charge in [-0.05, 0) is 32.6 Å². The van der Waals surface area contributed by atoms with Gasteiger partial charge < -0.3 is 29.4 Å². The molecule has 5 atom stereocenters. The quantitative estimate of drug-likeness (QED) is 0.110. The van der Waals surface area contributed by atoms with E-state index in [1.165, 1.54) is 10.9 Å². The highest BCUT2D eigenvalue weighted by Gasteiger charge is 2.56. The molecule has 2 aromatic heterocycles. The SMILES string of the molecule is CC(C)OC(=O)C(C)NP(=S)(OCCSC(=O)C(C)(C)C)OC[C@H]1O[C@@H](n2cnc3c(=O)[nH]c(N)nc32)C(Cl)(Cl)[C@@H]1O. The Kier molecular flexibility index (Phi) is 11.5. The number of nitrogens with zero attached hydrogens (tertiary/aromatic N) is 3. The highest BCUT2D eigenvalue weighted by Crippen LogP contribution is 2.50. The van der Waals surface area contributed by atoms with Gasteiger partial charge >= 0.3 is 5.97 Å². The molecule has 0 radical (unpaired) electrons. The van der Waals surface area contributed by atoms with Crippen LogP contribution in [0.1, 0.15) is 47.8 Å². The molecule has 19 heteroatoms. The van der Waals surface area contributed by atoms with Crippen molar-refractivity contribution in [1.82, 2.24) is 24.6 Å². The first-order valence-corrected chi connectivity index (χ1v) is 17.2. The molecule has 236 valence electrons. The Hall–Kier alpha value is -1.33. The summed E-state index contributed by atoms with van der Waals surface area (Å²) in [6.07, 6.45) is -3.02. The normalized spacial score (nSPS) is 22.8. The van der Waals surface area contributed by atoms with Crippen molar-refractivity contribution in [2.75, 3.05) is 24.7 Å². The van der Waals surface area contributed by atoms with Gasteiger partial charge in [-0.15, -0.1) is 0 Å². The molecule has 1 aliphatic heterocycles. The number of nitrogens with one attached hydrogen (secondary N) is 2. The largest absolute Gasteiger partial charge is 0.462 e. The number of aliphatic hydroxyl groups excluding tert-OH is 1. The van der Waals surface area contributed by atoms with Gasteiger partial charge in [0.2, 0.25) is 5.95 Å². The molecule has 1 saturated heterocycles. The Morgan fingerprint density at radius 3 is 2.64 bits per heavy atom. The maximum absolute atomic E-state index is 12.5. The van der Waals surface area contributed by atoms with Crippen LogP contribution in [0.4, 0.5) is 5.95 Å². The van der Waals surface area contributed by atoms with Crippen LogP contribution in [0, 0.1) is 5.41 Å². The summed E-state index contributed by atoms with van der Waals surface area (Å²) in [5, 5.41) is 13.8. The van der Waals surface area contributed by atoms with Gasteiger partial charge in [-0.2, -0.15) is 4.98 Å². The van der Waals surface area contributed by atoms with Gasteiger partial charge in [0.15, 0.2) is 26.8 Å². The number of thioether (sulfide) groups is 1. The molecule has 14 nitrogen and oxygen atoms in total. The zero-order valence-electron chi connectivity index (χ0n) is 23.8. The molecule has 3 rings (SSSR count). The summed E-state index contributed by atoms with van der Waals surface area (Å²) >= 11 is 19.8. The maximum atomic E-state index is 12.5. The van der Waals surface area contributed by atoms with Crippen LogP contribution in [0.25, 0.3) is 11.2 Å². The van der Waals surface area contributed by atoms with Gasteiger partial charge in [0.05, 0.1) is 25.6 Å². The topological polar surface area (TPSA) is 193 Å². The van der Waals surface area contributed by atoms with Crippen molar-refractivity contribution in [3.8, 4) is 0 Å². The maximum Gasteiger partial charge on any atom is 0.323 e. The van der Waals surface area contributed by atoms with Crippen molar-refractivity contribution in [1.29, 1.82) is 0 Å². The fraction of sp³-hybridized carbons (Fsp3) is 0.696. The summed E-state index contributed by atoms with van der Waals surface area (Å²) < 4.78 is 22.4. The number of anilines is 1. The number of alkyl halides is 2. The number of hydrogen-bond acceptors (Lipinski definition) is 13. The number of aromatic amines is 1. The molecule has 1 fully saturated rings. The van der Waals surface area contributed by atoms with Crippen molar-refractivity contribution in [2.45, 2.75) is 76.5 Å². The highest BCUT2D eigenvalue weighted by molar-refractivity contribution is 8.13. The van der Waals surface area contributed by atoms with Crippen LogP contribution < -0.4 is 16.4 Å². The number of carbonyl (C=O) groups is 2. The molecule has 5 N–H and O–H groups in total. The highest BCUT2D eigenvalue weighted by atomic mass is 35.5. The number of rotatable bonds is 12. The average Bonchev–Trinajstić information content (AvgIpc) is 3.37. The number of fused-ring (bicyclic) bond motifs is 1. The Morgan fingerprint density at radius 1 is 1.36 bits per heavy atom. The Labute approximate surface area is 261 Å². The van der Waals surface area contributed by atoms with E-state index in [4.69, 9.17) is 59.3 Å². The Morgan fingerprint density at radius 2 is 2.02 bits per heavy atom. The van der Waals surface area contributed by atoms with Gasteiger partial charge in [-0.1, -0.05) is 55.7 Å². The number of carbonyl (C=O) groups excluding carboxylic acids is 2. The number of esters is 1. The third-order valence-electron chi connectivity index (χ3n) is 5.74. The summed E-state index contributed by atoms with van der Waals surface area (Å²) in [4.78, 5) is 47.4. The zero-order chi connectivity index (χ0) is 31.6. The van der Waals surface area contributed by atoms with Crippen molar-refractivity contribution >= 4 is 81.6 Å². The summed E-state index contributed by atoms with van der Waals surface area (Å²) in [6, 6.07) is -0.906. The smallest absolute Gasteiger partial charge is 0.323 e. The molecule has 1 aliphatic rings. The predicted octanol–water partition coefficient (Wildman–Crippen LogP) is 2.63. The summed E-state index contributed by atoms with van der Waals surface area (Å²) in [5.74, 6) is -0.459. The van der Waals surface area contributed by atoms with E-state index in [0.717, 1.165) is 11.8 Å². The third-order valence-corrected chi connectivity index (χ3v) is 10.5. The molecule has 0 amide bonds. The van der Waals surface area contributed by atoms with Crippen molar-refractivity contribution in [3.05, 3.63) is 16.7 Å². The number of imidazole rings is 1. The summed E-state index contributed by atoms with van der Waals surface area (Å²) in [6.45, 7) is 6.62. The molecule has 2 aromatic rings. The Balaban J connectivity index is 1.77. The van der Waals surface area contributed by atoms with Crippen molar-refractivity contribution < 1.29 is 33.2 Å². The van der Waals surface area contributed by atoms with Crippen molar-refractivity contribution in [3.63, 3.8) is 0 Å². The van der Waals surface area contributed by atoms with Crippen LogP contribution in [0.15, 0.2) is 11.1 Å². The number of hydrogen-bond donors (Lipinski definition) is 4. The zero-order valence-corrected chi connectivity index (χ0v) is 27.9. The lowest BCUT2D eigenvalue weighted by molar-refractivity contribution is -0.149. The monoisotopic (exact) mass is 688 g/mol. The van der Waals surface area contributed by atoms with Gasteiger partial charge in [-0.3, -0.25) is 23.9 Å². The van der Waals surface area contributed by atoms with Crippen LogP contribution in [0.2, 0.25) is 0 Å². The Bertz CT molecular complexity index is 1400. The lowest BCUT2D eigenvalue weighted by atomic mass is 10.00. The first-order valence-electron chi connectivity index (χ1n) is 12.8. The van der Waals surface area contributed by atoms with Crippen LogP contribution in [0.3, 0.4) is 0 Å². The number of halogens is 2. The van der Waals surface area contributed by atoms with Gasteiger partial charge in [0.1, 0.15) is 18.2 Å². The van der Waals surface area contributed by atoms with E-state index < -0.39 is 52.4 Å². The molecule has 0 spiro atoms.